The molecule has 1 aromatic carbocycles. The second-order valence-electron chi connectivity index (χ2n) is 6.44. The molecule has 5 rings (SSSR count). The van der Waals surface area contributed by atoms with E-state index in [2.05, 4.69) is 50.3 Å². The highest BCUT2D eigenvalue weighted by Gasteiger charge is 2.22. The van der Waals surface area contributed by atoms with E-state index in [1.807, 2.05) is 12.1 Å². The minimum absolute atomic E-state index is 0.569. The van der Waals surface area contributed by atoms with Gasteiger partial charge in [0.2, 0.25) is 0 Å². The Kier molecular flexibility index (Phi) is 2.85. The number of nitrogens with zero attached hydrogens (tertiary/aromatic N) is 4. The molecule has 4 aromatic rings. The lowest BCUT2D eigenvalue weighted by Crippen LogP contribution is -2.17. The smallest absolute Gasteiger partial charge is 0.178 e. The zero-order chi connectivity index (χ0) is 16.1. The summed E-state index contributed by atoms with van der Waals surface area (Å²) in [6.45, 7) is 2.08. The molecule has 1 saturated carbocycles. The summed E-state index contributed by atoms with van der Waals surface area (Å²) in [5.74, 6) is 0.744. The van der Waals surface area contributed by atoms with E-state index < -0.39 is 0 Å². The van der Waals surface area contributed by atoms with Crippen LogP contribution in [-0.2, 0) is 0 Å². The molecule has 3 heterocycles. The Hall–Kier alpha value is -2.89. The van der Waals surface area contributed by atoms with Crippen molar-refractivity contribution in [2.24, 2.45) is 0 Å². The largest absolute Gasteiger partial charge is 0.337 e. The quantitative estimate of drug-likeness (QED) is 0.597. The number of aromatic amines is 1. The number of anilines is 2. The minimum atomic E-state index is 0.569. The van der Waals surface area contributed by atoms with Gasteiger partial charge >= 0.3 is 0 Å². The van der Waals surface area contributed by atoms with Gasteiger partial charge in [-0.25, -0.2) is 0 Å². The van der Waals surface area contributed by atoms with E-state index >= 15 is 0 Å². The van der Waals surface area contributed by atoms with Crippen LogP contribution >= 0.6 is 0 Å². The van der Waals surface area contributed by atoms with Crippen LogP contribution in [0.25, 0.3) is 21.9 Å². The highest BCUT2D eigenvalue weighted by Crippen LogP contribution is 2.35. The summed E-state index contributed by atoms with van der Waals surface area (Å²) >= 11 is 0. The van der Waals surface area contributed by atoms with Crippen LogP contribution in [0.5, 0.6) is 0 Å². The summed E-state index contributed by atoms with van der Waals surface area (Å²) in [6.07, 6.45) is 5.56. The van der Waals surface area contributed by atoms with Crippen molar-refractivity contribution in [3.63, 3.8) is 0 Å². The van der Waals surface area contributed by atoms with Crippen molar-refractivity contribution in [2.45, 2.75) is 32.2 Å². The van der Waals surface area contributed by atoms with Gasteiger partial charge < -0.3 is 5.32 Å². The van der Waals surface area contributed by atoms with Gasteiger partial charge in [0.15, 0.2) is 5.82 Å². The molecule has 1 aliphatic rings. The maximum absolute atomic E-state index is 4.75. The number of aryl methyl sites for hydroxylation is 1. The van der Waals surface area contributed by atoms with Crippen LogP contribution in [0.2, 0.25) is 0 Å². The molecule has 120 valence electrons. The van der Waals surface area contributed by atoms with Crippen LogP contribution in [0.15, 0.2) is 36.5 Å². The molecule has 3 aromatic heterocycles. The van der Waals surface area contributed by atoms with Crippen LogP contribution in [-0.4, -0.2) is 25.0 Å². The SMILES string of the molecule is Cc1nn(C2CCC2)c2ccc(Nc3n[nH]c4cccnc34)cc12. The lowest BCUT2D eigenvalue weighted by atomic mass is 9.93. The maximum Gasteiger partial charge on any atom is 0.178 e. The Morgan fingerprint density at radius 1 is 1.25 bits per heavy atom. The first-order valence-corrected chi connectivity index (χ1v) is 8.34. The number of fused-ring (bicyclic) bond motifs is 2. The van der Waals surface area contributed by atoms with Gasteiger partial charge in [0, 0.05) is 17.3 Å². The zero-order valence-corrected chi connectivity index (χ0v) is 13.5. The molecule has 1 aliphatic carbocycles. The molecule has 6 nitrogen and oxygen atoms in total. The average Bonchev–Trinajstić information content (AvgIpc) is 3.09. The van der Waals surface area contributed by atoms with E-state index in [0.29, 0.717) is 6.04 Å². The molecule has 0 unspecified atom stereocenters. The number of hydrogen-bond acceptors (Lipinski definition) is 4. The third-order valence-corrected chi connectivity index (χ3v) is 4.89. The molecule has 24 heavy (non-hydrogen) atoms. The van der Waals surface area contributed by atoms with Crippen LogP contribution in [0.3, 0.4) is 0 Å². The Morgan fingerprint density at radius 2 is 2.17 bits per heavy atom. The molecule has 0 saturated heterocycles. The number of hydrogen-bond donors (Lipinski definition) is 2. The first-order valence-electron chi connectivity index (χ1n) is 8.34. The van der Waals surface area contributed by atoms with Gasteiger partial charge in [0.1, 0.15) is 5.52 Å². The van der Waals surface area contributed by atoms with Crippen molar-refractivity contribution in [3.05, 3.63) is 42.2 Å². The normalized spacial score (nSPS) is 15.0. The molecular weight excluding hydrogens is 300 g/mol. The fourth-order valence-electron chi connectivity index (χ4n) is 3.36. The topological polar surface area (TPSA) is 71.4 Å². The highest BCUT2D eigenvalue weighted by molar-refractivity contribution is 5.90. The Bertz CT molecular complexity index is 1040. The molecule has 2 N–H and O–H groups in total. The lowest BCUT2D eigenvalue weighted by molar-refractivity contribution is 0.296. The molecule has 0 spiro atoms. The van der Waals surface area contributed by atoms with E-state index in [0.717, 1.165) is 28.2 Å². The van der Waals surface area contributed by atoms with Gasteiger partial charge in [-0.15, -0.1) is 0 Å². The summed E-state index contributed by atoms with van der Waals surface area (Å²) in [5.41, 5.74) is 5.06. The number of pyridine rings is 1. The number of H-pyrrole nitrogens is 1. The molecule has 0 bridgehead atoms. The van der Waals surface area contributed by atoms with Crippen molar-refractivity contribution in [1.82, 2.24) is 25.0 Å². The van der Waals surface area contributed by atoms with Crippen molar-refractivity contribution < 1.29 is 0 Å². The van der Waals surface area contributed by atoms with Gasteiger partial charge in [-0.1, -0.05) is 0 Å². The second-order valence-corrected chi connectivity index (χ2v) is 6.44. The number of aromatic nitrogens is 5. The Balaban J connectivity index is 1.54. The number of benzene rings is 1. The first kappa shape index (κ1) is 13.5. The molecule has 0 amide bonds. The number of rotatable bonds is 3. The summed E-state index contributed by atoms with van der Waals surface area (Å²) in [4.78, 5) is 4.39. The molecule has 0 aliphatic heterocycles. The lowest BCUT2D eigenvalue weighted by Gasteiger charge is -2.26. The van der Waals surface area contributed by atoms with Crippen LogP contribution in [0.1, 0.15) is 31.0 Å². The van der Waals surface area contributed by atoms with E-state index in [9.17, 15) is 0 Å². The van der Waals surface area contributed by atoms with Gasteiger partial charge in [-0.3, -0.25) is 14.8 Å². The van der Waals surface area contributed by atoms with E-state index in [1.165, 1.54) is 30.2 Å². The standard InChI is InChI=1S/C18H18N6/c1-11-14-10-12(7-8-16(14)24(23-11)13-4-2-5-13)20-18-17-15(21-22-18)6-3-9-19-17/h3,6-10,13H,2,4-5H2,1H3,(H2,20,21,22). The summed E-state index contributed by atoms with van der Waals surface area (Å²) in [5, 5.41) is 16.6. The molecular formula is C18H18N6. The Labute approximate surface area is 138 Å². The fourth-order valence-corrected chi connectivity index (χ4v) is 3.36. The summed E-state index contributed by atoms with van der Waals surface area (Å²) in [7, 11) is 0. The summed E-state index contributed by atoms with van der Waals surface area (Å²) in [6, 6.07) is 10.8. The average molecular weight is 318 g/mol. The molecule has 0 radical (unpaired) electrons. The van der Waals surface area contributed by atoms with Crippen molar-refractivity contribution in [3.8, 4) is 0 Å². The molecule has 6 heteroatoms. The second kappa shape index (κ2) is 5.06. The predicted octanol–water partition coefficient (Wildman–Crippen LogP) is 4.08. The van der Waals surface area contributed by atoms with Crippen molar-refractivity contribution in [2.75, 3.05) is 5.32 Å². The first-order chi connectivity index (χ1) is 11.8. The fraction of sp³-hybridized carbons (Fsp3) is 0.278. The van der Waals surface area contributed by atoms with Crippen LogP contribution in [0, 0.1) is 6.92 Å². The molecule has 0 atom stereocenters. The van der Waals surface area contributed by atoms with Crippen molar-refractivity contribution in [1.29, 1.82) is 0 Å². The zero-order valence-electron chi connectivity index (χ0n) is 13.5. The predicted molar refractivity (Wildman–Crippen MR) is 94.5 cm³/mol. The third-order valence-electron chi connectivity index (χ3n) is 4.89. The highest BCUT2D eigenvalue weighted by atomic mass is 15.3. The van der Waals surface area contributed by atoms with Crippen LogP contribution < -0.4 is 5.32 Å². The van der Waals surface area contributed by atoms with Gasteiger partial charge in [0.05, 0.1) is 22.8 Å². The van der Waals surface area contributed by atoms with Gasteiger partial charge in [-0.05, 0) is 56.5 Å². The monoisotopic (exact) mass is 318 g/mol. The minimum Gasteiger partial charge on any atom is -0.337 e. The van der Waals surface area contributed by atoms with E-state index in [4.69, 9.17) is 5.10 Å². The van der Waals surface area contributed by atoms with Gasteiger partial charge in [-0.2, -0.15) is 10.2 Å². The van der Waals surface area contributed by atoms with E-state index in [-0.39, 0.29) is 0 Å². The summed E-state index contributed by atoms with van der Waals surface area (Å²) < 4.78 is 2.20. The maximum atomic E-state index is 4.75. The van der Waals surface area contributed by atoms with Gasteiger partial charge in [0.25, 0.3) is 0 Å². The van der Waals surface area contributed by atoms with Crippen LogP contribution in [0.4, 0.5) is 11.5 Å². The number of nitrogens with one attached hydrogen (secondary N) is 2. The molecule has 1 fully saturated rings. The van der Waals surface area contributed by atoms with E-state index in [1.54, 1.807) is 6.20 Å². The Morgan fingerprint density at radius 3 is 3.00 bits per heavy atom. The van der Waals surface area contributed by atoms with Crippen molar-refractivity contribution >= 4 is 33.4 Å². The third kappa shape index (κ3) is 1.99.